The third-order valence-corrected chi connectivity index (χ3v) is 4.38. The molecular formula is C17H14N2O5S. The fraction of sp³-hybridized carbons (Fsp3) is 0.176. The van der Waals surface area contributed by atoms with Crippen LogP contribution in [-0.4, -0.2) is 15.9 Å². The number of ether oxygens (including phenoxy) is 1. The van der Waals surface area contributed by atoms with Gasteiger partial charge >= 0.3 is 5.97 Å². The second-order valence-electron chi connectivity index (χ2n) is 5.23. The summed E-state index contributed by atoms with van der Waals surface area (Å²) in [6.45, 7) is 1.48. The maximum absolute atomic E-state index is 12.4. The van der Waals surface area contributed by atoms with Crippen molar-refractivity contribution in [1.29, 1.82) is 0 Å². The highest BCUT2D eigenvalue weighted by Crippen LogP contribution is 2.32. The van der Waals surface area contributed by atoms with Crippen molar-refractivity contribution in [2.24, 2.45) is 0 Å². The molecule has 0 aliphatic rings. The van der Waals surface area contributed by atoms with Gasteiger partial charge in [0, 0.05) is 11.8 Å². The Morgan fingerprint density at radius 2 is 2.04 bits per heavy atom. The lowest BCUT2D eigenvalue weighted by Crippen LogP contribution is -2.07. The summed E-state index contributed by atoms with van der Waals surface area (Å²) < 4.78 is 10.8. The molecule has 0 atom stereocenters. The van der Waals surface area contributed by atoms with Crippen LogP contribution in [0.1, 0.15) is 26.8 Å². The quantitative estimate of drug-likeness (QED) is 0.377. The largest absolute Gasteiger partial charge is 0.456 e. The molecule has 2 heterocycles. The average molecular weight is 358 g/mol. The first-order valence-corrected chi connectivity index (χ1v) is 8.24. The van der Waals surface area contributed by atoms with E-state index in [-0.39, 0.29) is 24.6 Å². The summed E-state index contributed by atoms with van der Waals surface area (Å²) in [6.07, 6.45) is 0. The summed E-state index contributed by atoms with van der Waals surface area (Å²) in [6, 6.07) is 12.6. The number of carbonyl (C=O) groups is 1. The van der Waals surface area contributed by atoms with Crippen LogP contribution >= 0.6 is 11.3 Å². The summed E-state index contributed by atoms with van der Waals surface area (Å²) in [7, 11) is 0. The molecule has 0 spiro atoms. The van der Waals surface area contributed by atoms with Crippen LogP contribution in [0.15, 0.2) is 46.9 Å². The fourth-order valence-electron chi connectivity index (χ4n) is 2.24. The minimum absolute atomic E-state index is 0.0722. The molecule has 2 aromatic heterocycles. The van der Waals surface area contributed by atoms with Gasteiger partial charge in [0.25, 0.3) is 0 Å². The zero-order valence-corrected chi connectivity index (χ0v) is 14.1. The monoisotopic (exact) mass is 358 g/mol. The molecule has 8 heteroatoms. The first-order valence-electron chi connectivity index (χ1n) is 7.42. The highest BCUT2D eigenvalue weighted by atomic mass is 32.1. The number of hydrogen-bond acceptors (Lipinski definition) is 7. The van der Waals surface area contributed by atoms with Crippen LogP contribution in [0.5, 0.6) is 0 Å². The molecule has 0 N–H and O–H groups in total. The van der Waals surface area contributed by atoms with E-state index in [1.165, 1.54) is 11.3 Å². The van der Waals surface area contributed by atoms with E-state index in [1.54, 1.807) is 19.1 Å². The Hall–Kier alpha value is -3.00. The standard InChI is InChI=1S/C17H14N2O5S/c1-11-18-15(17(20)23-10-12-5-3-2-4-6-12)16(24-11)14-8-7-13(25-14)9-19(21)22/h2-8H,9-10H2,1H3. The maximum Gasteiger partial charge on any atom is 0.361 e. The minimum atomic E-state index is -0.597. The minimum Gasteiger partial charge on any atom is -0.456 e. The molecule has 0 saturated carbocycles. The van der Waals surface area contributed by atoms with E-state index >= 15 is 0 Å². The Kier molecular flexibility index (Phi) is 4.90. The Morgan fingerprint density at radius 3 is 2.76 bits per heavy atom. The molecule has 0 unspecified atom stereocenters. The van der Waals surface area contributed by atoms with Gasteiger partial charge in [-0.3, -0.25) is 10.1 Å². The lowest BCUT2D eigenvalue weighted by atomic mass is 10.2. The Labute approximate surface area is 147 Å². The molecule has 0 radical (unpaired) electrons. The van der Waals surface area contributed by atoms with Crippen LogP contribution < -0.4 is 0 Å². The highest BCUT2D eigenvalue weighted by molar-refractivity contribution is 7.15. The van der Waals surface area contributed by atoms with Gasteiger partial charge in [-0.05, 0) is 17.7 Å². The Morgan fingerprint density at radius 1 is 1.28 bits per heavy atom. The number of nitrogens with zero attached hydrogens (tertiary/aromatic N) is 2. The molecule has 0 amide bonds. The lowest BCUT2D eigenvalue weighted by molar-refractivity contribution is -0.496. The van der Waals surface area contributed by atoms with Gasteiger partial charge in [0.05, 0.1) is 9.75 Å². The fourth-order valence-corrected chi connectivity index (χ4v) is 3.19. The van der Waals surface area contributed by atoms with Gasteiger partial charge in [0.15, 0.2) is 17.3 Å². The van der Waals surface area contributed by atoms with Crippen LogP contribution in [0.3, 0.4) is 0 Å². The first-order chi connectivity index (χ1) is 12.0. The zero-order chi connectivity index (χ0) is 17.8. The number of esters is 1. The smallest absolute Gasteiger partial charge is 0.361 e. The van der Waals surface area contributed by atoms with E-state index in [9.17, 15) is 14.9 Å². The number of oxazole rings is 1. The number of hydrogen-bond donors (Lipinski definition) is 0. The number of nitro groups is 1. The van der Waals surface area contributed by atoms with Gasteiger partial charge in [-0.15, -0.1) is 11.3 Å². The third kappa shape index (κ3) is 4.10. The van der Waals surface area contributed by atoms with Gasteiger partial charge in [0.1, 0.15) is 6.61 Å². The lowest BCUT2D eigenvalue weighted by Gasteiger charge is -2.03. The van der Waals surface area contributed by atoms with Crippen molar-refractivity contribution in [1.82, 2.24) is 4.98 Å². The van der Waals surface area contributed by atoms with E-state index < -0.39 is 10.9 Å². The molecule has 0 aliphatic heterocycles. The van der Waals surface area contributed by atoms with Crippen LogP contribution in [0.4, 0.5) is 0 Å². The predicted octanol–water partition coefficient (Wildman–Crippen LogP) is 3.85. The normalized spacial score (nSPS) is 10.6. The highest BCUT2D eigenvalue weighted by Gasteiger charge is 2.23. The molecule has 0 aliphatic carbocycles. The van der Waals surface area contributed by atoms with Crippen LogP contribution in [0.25, 0.3) is 10.6 Å². The first kappa shape index (κ1) is 16.8. The summed E-state index contributed by atoms with van der Waals surface area (Å²) in [5.74, 6) is 0.000904. The van der Waals surface area contributed by atoms with Gasteiger partial charge in [-0.2, -0.15) is 0 Å². The van der Waals surface area contributed by atoms with Crippen molar-refractivity contribution >= 4 is 17.3 Å². The molecule has 128 valence electrons. The number of carbonyl (C=O) groups excluding carboxylic acids is 1. The second kappa shape index (κ2) is 7.27. The number of thiophene rings is 1. The molecule has 3 aromatic rings. The Balaban J connectivity index is 1.79. The summed E-state index contributed by atoms with van der Waals surface area (Å²) in [5, 5.41) is 10.6. The van der Waals surface area contributed by atoms with Crippen molar-refractivity contribution in [3.8, 4) is 10.6 Å². The summed E-state index contributed by atoms with van der Waals surface area (Å²) in [5.41, 5.74) is 0.935. The predicted molar refractivity (Wildman–Crippen MR) is 90.8 cm³/mol. The van der Waals surface area contributed by atoms with Crippen molar-refractivity contribution in [3.05, 3.63) is 74.6 Å². The van der Waals surface area contributed by atoms with Crippen molar-refractivity contribution in [2.45, 2.75) is 20.1 Å². The van der Waals surface area contributed by atoms with E-state index in [0.29, 0.717) is 15.6 Å². The second-order valence-corrected chi connectivity index (χ2v) is 6.40. The van der Waals surface area contributed by atoms with Crippen LogP contribution in [0.2, 0.25) is 0 Å². The number of aryl methyl sites for hydroxylation is 1. The molecule has 3 rings (SSSR count). The zero-order valence-electron chi connectivity index (χ0n) is 13.3. The number of rotatable bonds is 6. The number of aromatic nitrogens is 1. The number of benzene rings is 1. The molecular weight excluding hydrogens is 344 g/mol. The summed E-state index contributed by atoms with van der Waals surface area (Å²) in [4.78, 5) is 27.8. The van der Waals surface area contributed by atoms with E-state index in [4.69, 9.17) is 9.15 Å². The van der Waals surface area contributed by atoms with Crippen LogP contribution in [0, 0.1) is 17.0 Å². The Bertz CT molecular complexity index is 901. The van der Waals surface area contributed by atoms with Crippen LogP contribution in [-0.2, 0) is 17.9 Å². The molecule has 0 fully saturated rings. The molecule has 0 bridgehead atoms. The van der Waals surface area contributed by atoms with Gasteiger partial charge in [-0.1, -0.05) is 30.3 Å². The average Bonchev–Trinajstić information content (AvgIpc) is 3.19. The van der Waals surface area contributed by atoms with Crippen molar-refractivity contribution in [3.63, 3.8) is 0 Å². The SMILES string of the molecule is Cc1nc(C(=O)OCc2ccccc2)c(-c2ccc(C[N+](=O)[O-])s2)o1. The van der Waals surface area contributed by atoms with E-state index in [2.05, 4.69) is 4.98 Å². The van der Waals surface area contributed by atoms with E-state index in [0.717, 1.165) is 5.56 Å². The van der Waals surface area contributed by atoms with Gasteiger partial charge in [-0.25, -0.2) is 9.78 Å². The third-order valence-electron chi connectivity index (χ3n) is 3.31. The van der Waals surface area contributed by atoms with Crippen molar-refractivity contribution < 1.29 is 18.9 Å². The topological polar surface area (TPSA) is 95.5 Å². The molecule has 1 aromatic carbocycles. The molecule has 0 saturated heterocycles. The maximum atomic E-state index is 12.4. The summed E-state index contributed by atoms with van der Waals surface area (Å²) >= 11 is 1.19. The molecule has 25 heavy (non-hydrogen) atoms. The van der Waals surface area contributed by atoms with Gasteiger partial charge < -0.3 is 9.15 Å². The van der Waals surface area contributed by atoms with Crippen molar-refractivity contribution in [2.75, 3.05) is 0 Å². The van der Waals surface area contributed by atoms with E-state index in [1.807, 2.05) is 30.3 Å². The van der Waals surface area contributed by atoms with Gasteiger partial charge in [0.2, 0.25) is 6.54 Å². The molecule has 7 nitrogen and oxygen atoms in total.